The first-order valence-electron chi connectivity index (χ1n) is 7.27. The molecule has 1 N–H and O–H groups in total. The summed E-state index contributed by atoms with van der Waals surface area (Å²) in [5.74, 6) is -1.54. The maximum Gasteiger partial charge on any atom is 0.326 e. The minimum absolute atomic E-state index is 0.280. The molecule has 0 aliphatic carbocycles. The second-order valence-electron chi connectivity index (χ2n) is 5.42. The summed E-state index contributed by atoms with van der Waals surface area (Å²) in [5, 5.41) is 9.91. The number of carbonyl (C=O) groups excluding carboxylic acids is 1. The molecule has 1 aliphatic rings. The van der Waals surface area contributed by atoms with Gasteiger partial charge in [-0.3, -0.25) is 4.79 Å². The normalized spacial score (nSPS) is 17.4. The van der Waals surface area contributed by atoms with Crippen molar-refractivity contribution in [1.82, 2.24) is 9.88 Å². The Morgan fingerprint density at radius 3 is 2.78 bits per heavy atom. The van der Waals surface area contributed by atoms with E-state index in [9.17, 15) is 14.0 Å². The first kappa shape index (κ1) is 15.6. The zero-order valence-electron chi connectivity index (χ0n) is 12.2. The van der Waals surface area contributed by atoms with Crippen LogP contribution in [0.1, 0.15) is 33.1 Å². The fourth-order valence-electron chi connectivity index (χ4n) is 2.68. The fourth-order valence-corrected chi connectivity index (χ4v) is 3.58. The zero-order chi connectivity index (χ0) is 16.4. The van der Waals surface area contributed by atoms with Gasteiger partial charge in [0.25, 0.3) is 5.91 Å². The molecule has 1 aromatic carbocycles. The predicted molar refractivity (Wildman–Crippen MR) is 83.0 cm³/mol. The number of halogens is 1. The number of hydrogen-bond acceptors (Lipinski definition) is 4. The number of carbonyl (C=O) groups is 2. The zero-order valence-corrected chi connectivity index (χ0v) is 13.1. The second kappa shape index (κ2) is 6.45. The molecule has 0 spiro atoms. The van der Waals surface area contributed by atoms with E-state index in [4.69, 9.17) is 5.11 Å². The SMILES string of the molecule is O=C(O)C1CCCN1C(=O)c1cnc(Cc2ccc(F)cc2)s1. The summed E-state index contributed by atoms with van der Waals surface area (Å²) in [7, 11) is 0. The summed E-state index contributed by atoms with van der Waals surface area (Å²) in [4.78, 5) is 29.7. The highest BCUT2D eigenvalue weighted by Gasteiger charge is 2.35. The summed E-state index contributed by atoms with van der Waals surface area (Å²) in [5.41, 5.74) is 0.907. The summed E-state index contributed by atoms with van der Waals surface area (Å²) >= 11 is 1.25. The average Bonchev–Trinajstić information content (AvgIpc) is 3.18. The number of likely N-dealkylation sites (tertiary alicyclic amines) is 1. The molecule has 1 saturated heterocycles. The highest BCUT2D eigenvalue weighted by molar-refractivity contribution is 7.13. The highest BCUT2D eigenvalue weighted by atomic mass is 32.1. The Labute approximate surface area is 136 Å². The van der Waals surface area contributed by atoms with Crippen molar-refractivity contribution in [3.63, 3.8) is 0 Å². The number of hydrogen-bond donors (Lipinski definition) is 1. The van der Waals surface area contributed by atoms with Crippen LogP contribution in [0, 0.1) is 5.82 Å². The van der Waals surface area contributed by atoms with Crippen LogP contribution < -0.4 is 0 Å². The average molecular weight is 334 g/mol. The Hall–Kier alpha value is -2.28. The number of amides is 1. The number of rotatable bonds is 4. The van der Waals surface area contributed by atoms with Crippen molar-refractivity contribution in [2.24, 2.45) is 0 Å². The van der Waals surface area contributed by atoms with Crippen LogP contribution in [-0.2, 0) is 11.2 Å². The van der Waals surface area contributed by atoms with Gasteiger partial charge in [0.2, 0.25) is 0 Å². The Kier molecular flexibility index (Phi) is 4.38. The Morgan fingerprint density at radius 2 is 2.09 bits per heavy atom. The highest BCUT2D eigenvalue weighted by Crippen LogP contribution is 2.24. The second-order valence-corrected chi connectivity index (χ2v) is 6.53. The number of aromatic nitrogens is 1. The molecule has 23 heavy (non-hydrogen) atoms. The van der Waals surface area contributed by atoms with E-state index >= 15 is 0 Å². The van der Waals surface area contributed by atoms with E-state index < -0.39 is 12.0 Å². The molecule has 1 aliphatic heterocycles. The van der Waals surface area contributed by atoms with Gasteiger partial charge in [-0.25, -0.2) is 14.2 Å². The van der Waals surface area contributed by atoms with Gasteiger partial charge in [-0.05, 0) is 30.5 Å². The van der Waals surface area contributed by atoms with Crippen LogP contribution in [0.15, 0.2) is 30.5 Å². The molecule has 2 heterocycles. The molecular weight excluding hydrogens is 319 g/mol. The van der Waals surface area contributed by atoms with Crippen LogP contribution in [-0.4, -0.2) is 39.5 Å². The molecule has 7 heteroatoms. The molecule has 2 aromatic rings. The number of nitrogens with zero attached hydrogens (tertiary/aromatic N) is 2. The lowest BCUT2D eigenvalue weighted by atomic mass is 10.2. The summed E-state index contributed by atoms with van der Waals surface area (Å²) in [6, 6.07) is 5.39. The van der Waals surface area contributed by atoms with Crippen molar-refractivity contribution in [3.8, 4) is 0 Å². The van der Waals surface area contributed by atoms with Crippen LogP contribution in [0.25, 0.3) is 0 Å². The van der Waals surface area contributed by atoms with Gasteiger partial charge in [-0.15, -0.1) is 11.3 Å². The standard InChI is InChI=1S/C16H15FN2O3S/c17-11-5-3-10(4-6-11)8-14-18-9-13(23-14)15(20)19-7-1-2-12(19)16(21)22/h3-6,9,12H,1-2,7-8H2,(H,21,22). The third-order valence-corrected chi connectivity index (χ3v) is 4.82. The number of benzene rings is 1. The van der Waals surface area contributed by atoms with Crippen LogP contribution in [0.4, 0.5) is 4.39 Å². The van der Waals surface area contributed by atoms with Crippen molar-refractivity contribution in [3.05, 3.63) is 51.7 Å². The van der Waals surface area contributed by atoms with Crippen molar-refractivity contribution in [2.75, 3.05) is 6.54 Å². The Balaban J connectivity index is 1.72. The smallest absolute Gasteiger partial charge is 0.326 e. The molecule has 1 atom stereocenters. The maximum absolute atomic E-state index is 12.9. The molecule has 0 radical (unpaired) electrons. The van der Waals surface area contributed by atoms with Gasteiger partial charge in [0.05, 0.1) is 11.2 Å². The number of carboxylic acids is 1. The largest absolute Gasteiger partial charge is 0.480 e. The van der Waals surface area contributed by atoms with Crippen molar-refractivity contribution < 1.29 is 19.1 Å². The molecule has 0 saturated carbocycles. The lowest BCUT2D eigenvalue weighted by Gasteiger charge is -2.20. The van der Waals surface area contributed by atoms with Crippen LogP contribution in [0.2, 0.25) is 0 Å². The third-order valence-electron chi connectivity index (χ3n) is 3.83. The fraction of sp³-hybridized carbons (Fsp3) is 0.312. The van der Waals surface area contributed by atoms with E-state index in [1.807, 2.05) is 0 Å². The molecule has 5 nitrogen and oxygen atoms in total. The van der Waals surface area contributed by atoms with E-state index in [0.717, 1.165) is 10.6 Å². The van der Waals surface area contributed by atoms with Gasteiger partial charge in [0.15, 0.2) is 0 Å². The first-order valence-corrected chi connectivity index (χ1v) is 8.09. The monoisotopic (exact) mass is 334 g/mol. The van der Waals surface area contributed by atoms with Crippen molar-refractivity contribution >= 4 is 23.2 Å². The van der Waals surface area contributed by atoms with E-state index in [2.05, 4.69) is 4.98 Å². The molecule has 1 amide bonds. The quantitative estimate of drug-likeness (QED) is 0.933. The maximum atomic E-state index is 12.9. The molecule has 3 rings (SSSR count). The minimum atomic E-state index is -0.966. The third kappa shape index (κ3) is 3.39. The van der Waals surface area contributed by atoms with Gasteiger partial charge in [-0.1, -0.05) is 12.1 Å². The van der Waals surface area contributed by atoms with E-state index in [1.54, 1.807) is 12.1 Å². The molecule has 120 valence electrons. The van der Waals surface area contributed by atoms with Crippen molar-refractivity contribution in [2.45, 2.75) is 25.3 Å². The van der Waals surface area contributed by atoms with E-state index in [0.29, 0.717) is 30.7 Å². The lowest BCUT2D eigenvalue weighted by molar-refractivity contribution is -0.141. The van der Waals surface area contributed by atoms with Gasteiger partial charge < -0.3 is 10.0 Å². The Bertz CT molecular complexity index is 729. The lowest BCUT2D eigenvalue weighted by Crippen LogP contribution is -2.40. The Morgan fingerprint density at radius 1 is 1.35 bits per heavy atom. The number of carboxylic acid groups (broad SMARTS) is 1. The van der Waals surface area contributed by atoms with E-state index in [-0.39, 0.29) is 11.7 Å². The molecular formula is C16H15FN2O3S. The number of aliphatic carboxylic acids is 1. The van der Waals surface area contributed by atoms with E-state index in [1.165, 1.54) is 34.6 Å². The molecule has 1 fully saturated rings. The molecule has 1 unspecified atom stereocenters. The van der Waals surface area contributed by atoms with Gasteiger partial charge in [0.1, 0.15) is 16.7 Å². The van der Waals surface area contributed by atoms with Crippen LogP contribution >= 0.6 is 11.3 Å². The van der Waals surface area contributed by atoms with Crippen LogP contribution in [0.5, 0.6) is 0 Å². The molecule has 1 aromatic heterocycles. The van der Waals surface area contributed by atoms with Crippen LogP contribution in [0.3, 0.4) is 0 Å². The predicted octanol–water partition coefficient (Wildman–Crippen LogP) is 2.56. The summed E-state index contributed by atoms with van der Waals surface area (Å²) in [6.07, 6.45) is 3.19. The number of thiazole rings is 1. The summed E-state index contributed by atoms with van der Waals surface area (Å²) in [6.45, 7) is 0.459. The van der Waals surface area contributed by atoms with Gasteiger partial charge in [0, 0.05) is 13.0 Å². The summed E-state index contributed by atoms with van der Waals surface area (Å²) < 4.78 is 12.9. The van der Waals surface area contributed by atoms with Gasteiger partial charge >= 0.3 is 5.97 Å². The van der Waals surface area contributed by atoms with Crippen molar-refractivity contribution in [1.29, 1.82) is 0 Å². The topological polar surface area (TPSA) is 70.5 Å². The first-order chi connectivity index (χ1) is 11.0. The molecule has 0 bridgehead atoms. The van der Waals surface area contributed by atoms with Gasteiger partial charge in [-0.2, -0.15) is 0 Å². The minimum Gasteiger partial charge on any atom is -0.480 e.